The third-order valence-electron chi connectivity index (χ3n) is 3.23. The number of anilines is 2. The van der Waals surface area contributed by atoms with E-state index in [1.54, 1.807) is 42.3 Å². The van der Waals surface area contributed by atoms with Gasteiger partial charge >= 0.3 is 0 Å². The van der Waals surface area contributed by atoms with E-state index >= 15 is 0 Å². The Morgan fingerprint density at radius 1 is 1.29 bits per heavy atom. The van der Waals surface area contributed by atoms with Crippen molar-refractivity contribution >= 4 is 17.4 Å². The summed E-state index contributed by atoms with van der Waals surface area (Å²) < 4.78 is 19.0. The number of benzene rings is 1. The molecule has 3 rings (SSSR count). The molecule has 2 heterocycles. The van der Waals surface area contributed by atoms with Gasteiger partial charge in [0.25, 0.3) is 5.91 Å². The number of nitrogens with zero attached hydrogens (tertiary/aromatic N) is 2. The number of likely N-dealkylation sites (N-methyl/N-ethyl adjacent to an activating group) is 1. The minimum absolute atomic E-state index is 0.00523. The van der Waals surface area contributed by atoms with E-state index in [0.29, 0.717) is 29.5 Å². The summed E-state index contributed by atoms with van der Waals surface area (Å²) >= 11 is 0. The Hall–Kier alpha value is -2.63. The van der Waals surface area contributed by atoms with E-state index in [1.165, 1.54) is 6.07 Å². The summed E-state index contributed by atoms with van der Waals surface area (Å²) in [5.41, 5.74) is 0.994. The Kier molecular flexibility index (Phi) is 3.43. The van der Waals surface area contributed by atoms with Crippen molar-refractivity contribution in [3.8, 4) is 5.75 Å². The molecule has 108 valence electrons. The summed E-state index contributed by atoms with van der Waals surface area (Å²) in [5.74, 6) is 0.631. The summed E-state index contributed by atoms with van der Waals surface area (Å²) in [6, 6.07) is 9.80. The van der Waals surface area contributed by atoms with Crippen LogP contribution in [0.25, 0.3) is 0 Å². The van der Waals surface area contributed by atoms with Gasteiger partial charge in [0.15, 0.2) is 6.61 Å². The van der Waals surface area contributed by atoms with E-state index in [2.05, 4.69) is 10.3 Å². The molecule has 0 atom stereocenters. The van der Waals surface area contributed by atoms with Gasteiger partial charge in [0.1, 0.15) is 23.1 Å². The quantitative estimate of drug-likeness (QED) is 0.921. The molecule has 1 aromatic heterocycles. The molecule has 0 fully saturated rings. The van der Waals surface area contributed by atoms with Crippen LogP contribution < -0.4 is 10.1 Å². The van der Waals surface area contributed by atoms with Crippen molar-refractivity contribution in [1.29, 1.82) is 0 Å². The molecule has 1 amide bonds. The maximum atomic E-state index is 13.6. The first-order valence-electron chi connectivity index (χ1n) is 6.52. The van der Waals surface area contributed by atoms with Gasteiger partial charge in [0, 0.05) is 7.05 Å². The molecule has 0 aliphatic carbocycles. The standard InChI is InChI=1S/C15H14FN3O2/c1-19-8-12-13(21-9-15(19)20)6-7-14(18-12)17-11-5-3-2-4-10(11)16/h2-7H,8-9H2,1H3,(H,17,18). The van der Waals surface area contributed by atoms with E-state index in [9.17, 15) is 9.18 Å². The highest BCUT2D eigenvalue weighted by Gasteiger charge is 2.19. The van der Waals surface area contributed by atoms with Crippen molar-refractivity contribution in [2.75, 3.05) is 19.0 Å². The van der Waals surface area contributed by atoms with Crippen molar-refractivity contribution in [3.05, 3.63) is 47.9 Å². The molecule has 0 spiro atoms. The molecular formula is C15H14FN3O2. The second kappa shape index (κ2) is 5.40. The Balaban J connectivity index is 1.88. The highest BCUT2D eigenvalue weighted by molar-refractivity contribution is 5.78. The third kappa shape index (κ3) is 2.79. The lowest BCUT2D eigenvalue weighted by atomic mass is 10.3. The van der Waals surface area contributed by atoms with Crippen LogP contribution in [0.2, 0.25) is 0 Å². The number of para-hydroxylation sites is 1. The van der Waals surface area contributed by atoms with Gasteiger partial charge in [-0.2, -0.15) is 0 Å². The number of carbonyl (C=O) groups is 1. The number of aromatic nitrogens is 1. The Morgan fingerprint density at radius 2 is 2.10 bits per heavy atom. The molecule has 6 heteroatoms. The number of carbonyl (C=O) groups excluding carboxylic acids is 1. The monoisotopic (exact) mass is 287 g/mol. The van der Waals surface area contributed by atoms with Gasteiger partial charge in [-0.1, -0.05) is 12.1 Å². The van der Waals surface area contributed by atoms with Crippen LogP contribution in [-0.4, -0.2) is 29.4 Å². The van der Waals surface area contributed by atoms with Crippen molar-refractivity contribution in [1.82, 2.24) is 9.88 Å². The van der Waals surface area contributed by atoms with Crippen LogP contribution in [0.1, 0.15) is 5.69 Å². The van der Waals surface area contributed by atoms with Gasteiger partial charge in [-0.25, -0.2) is 9.37 Å². The zero-order valence-corrected chi connectivity index (χ0v) is 11.5. The van der Waals surface area contributed by atoms with E-state index in [1.807, 2.05) is 0 Å². The number of fused-ring (bicyclic) bond motifs is 1. The van der Waals surface area contributed by atoms with Gasteiger partial charge in [0.2, 0.25) is 0 Å². The van der Waals surface area contributed by atoms with E-state index in [4.69, 9.17) is 4.74 Å². The number of halogens is 1. The summed E-state index contributed by atoms with van der Waals surface area (Å²) in [7, 11) is 1.69. The molecule has 0 bridgehead atoms. The number of pyridine rings is 1. The third-order valence-corrected chi connectivity index (χ3v) is 3.23. The first-order valence-corrected chi connectivity index (χ1v) is 6.52. The number of rotatable bonds is 2. The van der Waals surface area contributed by atoms with Gasteiger partial charge < -0.3 is 15.0 Å². The molecule has 1 N–H and O–H groups in total. The zero-order valence-electron chi connectivity index (χ0n) is 11.5. The number of ether oxygens (including phenoxy) is 1. The minimum atomic E-state index is -0.349. The second-order valence-electron chi connectivity index (χ2n) is 4.78. The molecule has 21 heavy (non-hydrogen) atoms. The SMILES string of the molecule is CN1Cc2nc(Nc3ccccc3F)ccc2OCC1=O. The van der Waals surface area contributed by atoms with Gasteiger partial charge in [0.05, 0.1) is 12.2 Å². The summed E-state index contributed by atoms with van der Waals surface area (Å²) in [6.07, 6.45) is 0. The first kappa shape index (κ1) is 13.4. The molecule has 5 nitrogen and oxygen atoms in total. The van der Waals surface area contributed by atoms with Crippen LogP contribution in [0.3, 0.4) is 0 Å². The normalized spacial score (nSPS) is 14.2. The average Bonchev–Trinajstić information content (AvgIpc) is 2.61. The molecule has 0 saturated heterocycles. The molecule has 1 aromatic carbocycles. The number of hydrogen-bond donors (Lipinski definition) is 1. The fraction of sp³-hybridized carbons (Fsp3) is 0.200. The zero-order chi connectivity index (χ0) is 14.8. The summed E-state index contributed by atoms with van der Waals surface area (Å²) in [6.45, 7) is 0.367. The lowest BCUT2D eigenvalue weighted by Crippen LogP contribution is -2.28. The predicted molar refractivity (Wildman–Crippen MR) is 75.9 cm³/mol. The smallest absolute Gasteiger partial charge is 0.260 e. The van der Waals surface area contributed by atoms with Crippen LogP contribution in [-0.2, 0) is 11.3 Å². The largest absolute Gasteiger partial charge is 0.482 e. The summed E-state index contributed by atoms with van der Waals surface area (Å²) in [4.78, 5) is 17.6. The maximum Gasteiger partial charge on any atom is 0.260 e. The Bertz CT molecular complexity index is 690. The van der Waals surface area contributed by atoms with Crippen molar-refractivity contribution in [3.63, 3.8) is 0 Å². The Labute approximate surface area is 121 Å². The van der Waals surface area contributed by atoms with E-state index in [-0.39, 0.29) is 18.3 Å². The minimum Gasteiger partial charge on any atom is -0.482 e. The van der Waals surface area contributed by atoms with Crippen LogP contribution in [0.4, 0.5) is 15.9 Å². The highest BCUT2D eigenvalue weighted by Crippen LogP contribution is 2.25. The molecule has 0 unspecified atom stereocenters. The number of amides is 1. The number of nitrogens with one attached hydrogen (secondary N) is 1. The van der Waals surface area contributed by atoms with Gasteiger partial charge in [-0.05, 0) is 24.3 Å². The number of hydrogen-bond acceptors (Lipinski definition) is 4. The second-order valence-corrected chi connectivity index (χ2v) is 4.78. The van der Waals surface area contributed by atoms with Gasteiger partial charge in [-0.15, -0.1) is 0 Å². The van der Waals surface area contributed by atoms with E-state index < -0.39 is 0 Å². The Morgan fingerprint density at radius 3 is 2.90 bits per heavy atom. The predicted octanol–water partition coefficient (Wildman–Crippen LogP) is 2.32. The van der Waals surface area contributed by atoms with E-state index in [0.717, 1.165) is 0 Å². The highest BCUT2D eigenvalue weighted by atomic mass is 19.1. The molecule has 2 aromatic rings. The van der Waals surface area contributed by atoms with Crippen LogP contribution in [0, 0.1) is 5.82 Å². The molecule has 1 aliphatic heterocycles. The van der Waals surface area contributed by atoms with Crippen LogP contribution in [0.15, 0.2) is 36.4 Å². The van der Waals surface area contributed by atoms with Gasteiger partial charge in [-0.3, -0.25) is 4.79 Å². The lowest BCUT2D eigenvalue weighted by Gasteiger charge is -2.13. The average molecular weight is 287 g/mol. The first-order chi connectivity index (χ1) is 10.1. The van der Waals surface area contributed by atoms with Crippen molar-refractivity contribution in [2.45, 2.75) is 6.54 Å². The van der Waals surface area contributed by atoms with Crippen LogP contribution >= 0.6 is 0 Å². The van der Waals surface area contributed by atoms with Crippen molar-refractivity contribution in [2.24, 2.45) is 0 Å². The fourth-order valence-electron chi connectivity index (χ4n) is 2.07. The lowest BCUT2D eigenvalue weighted by molar-refractivity contribution is -0.131. The summed E-state index contributed by atoms with van der Waals surface area (Å²) in [5, 5.41) is 2.92. The fourth-order valence-corrected chi connectivity index (χ4v) is 2.07. The molecule has 0 saturated carbocycles. The molecule has 1 aliphatic rings. The topological polar surface area (TPSA) is 54.5 Å². The van der Waals surface area contributed by atoms with Crippen molar-refractivity contribution < 1.29 is 13.9 Å². The molecular weight excluding hydrogens is 273 g/mol. The maximum absolute atomic E-state index is 13.6. The molecule has 0 radical (unpaired) electrons. The van der Waals surface area contributed by atoms with Crippen LogP contribution in [0.5, 0.6) is 5.75 Å².